The molecule has 1 amide bonds. The predicted octanol–water partition coefficient (Wildman–Crippen LogP) is -8.03. The van der Waals surface area contributed by atoms with Crippen LogP contribution in [0.2, 0.25) is 0 Å². The molecule has 0 aliphatic carbocycles. The first-order valence-corrected chi connectivity index (χ1v) is 18.0. The van der Waals surface area contributed by atoms with Gasteiger partial charge in [-0.1, -0.05) is 6.92 Å². The van der Waals surface area contributed by atoms with Crippen LogP contribution >= 0.6 is 0 Å². The summed E-state index contributed by atoms with van der Waals surface area (Å²) in [7, 11) is 0. The first-order chi connectivity index (χ1) is 26.5. The molecule has 4 aliphatic heterocycles. The minimum absolute atomic E-state index is 0.0424. The summed E-state index contributed by atoms with van der Waals surface area (Å²) in [6, 6.07) is -1.59. The molecular weight excluding hydrogens is 766 g/mol. The number of carbonyl (C=O) groups is 2. The lowest BCUT2D eigenvalue weighted by atomic mass is 9.86. The van der Waals surface area contributed by atoms with Crippen LogP contribution in [0.4, 0.5) is 0 Å². The number of aliphatic hydroxyl groups excluding tert-OH is 12. The Morgan fingerprint density at radius 2 is 1.39 bits per heavy atom. The molecule has 4 heterocycles. The smallest absolute Gasteiger partial charge is 0.332 e. The molecule has 0 aromatic heterocycles. The number of amides is 1. The summed E-state index contributed by atoms with van der Waals surface area (Å²) in [5.41, 5.74) is 0. The zero-order valence-corrected chi connectivity index (χ0v) is 30.7. The molecule has 19 unspecified atom stereocenters. The van der Waals surface area contributed by atoms with Gasteiger partial charge in [0, 0.05) is 19.4 Å². The molecule has 0 spiro atoms. The lowest BCUT2D eigenvalue weighted by Gasteiger charge is -2.52. The van der Waals surface area contributed by atoms with Gasteiger partial charge < -0.3 is 109 Å². The lowest BCUT2D eigenvalue weighted by Crippen LogP contribution is -2.70. The number of hydrogen-bond acceptors (Lipinski definition) is 23. The summed E-state index contributed by atoms with van der Waals surface area (Å²) in [5.74, 6) is -4.54. The van der Waals surface area contributed by atoms with Crippen molar-refractivity contribution >= 4 is 12.4 Å². The average Bonchev–Trinajstić information content (AvgIpc) is 3.17. The molecule has 4 rings (SSSR count). The largest absolute Gasteiger partial charge is 0.410 e. The van der Waals surface area contributed by atoms with E-state index in [0.717, 1.165) is 6.92 Å². The van der Waals surface area contributed by atoms with Crippen LogP contribution in [0, 0.1) is 5.92 Å². The highest BCUT2D eigenvalue weighted by Gasteiger charge is 2.59. The third kappa shape index (κ3) is 10.1. The molecule has 4 fully saturated rings. The molecule has 326 valence electrons. The molecule has 0 radical (unpaired) electrons. The Morgan fingerprint density at radius 1 is 0.804 bits per heavy atom. The second-order valence-corrected chi connectivity index (χ2v) is 13.9. The van der Waals surface area contributed by atoms with Crippen molar-refractivity contribution in [1.82, 2.24) is 5.32 Å². The van der Waals surface area contributed by atoms with Gasteiger partial charge in [-0.3, -0.25) is 9.59 Å². The van der Waals surface area contributed by atoms with Crippen LogP contribution in [-0.4, -0.2) is 229 Å². The Morgan fingerprint density at radius 3 is 1.96 bits per heavy atom. The molecule has 0 aromatic carbocycles. The number of carbonyl (C=O) groups excluding carboxylic acids is 2. The summed E-state index contributed by atoms with van der Waals surface area (Å²) in [5, 5.41) is 130. The molecule has 21 atom stereocenters. The van der Waals surface area contributed by atoms with Crippen LogP contribution in [-0.2, 0) is 52.2 Å². The SMILES string of the molecule is CCOC1OC(CO)C(OC2OC(CO)C(OC3OC(CO)C(O)C(O)C3NC(C)=O)C(OC3(OC=O)CC(O)C(C)C([C@H](O)[C@H](O)CO)O3)C2O)C(O)C1O. The van der Waals surface area contributed by atoms with Crippen LogP contribution in [0.1, 0.15) is 27.2 Å². The molecule has 24 nitrogen and oxygen atoms in total. The van der Waals surface area contributed by atoms with Gasteiger partial charge in [0.25, 0.3) is 6.47 Å². The average molecular weight is 822 g/mol. The van der Waals surface area contributed by atoms with Gasteiger partial charge in [0.15, 0.2) is 18.9 Å². The van der Waals surface area contributed by atoms with E-state index in [1.54, 1.807) is 6.92 Å². The second kappa shape index (κ2) is 20.4. The van der Waals surface area contributed by atoms with E-state index in [0.29, 0.717) is 0 Å². The van der Waals surface area contributed by atoms with Crippen LogP contribution in [0.5, 0.6) is 0 Å². The number of aliphatic hydroxyl groups is 12. The van der Waals surface area contributed by atoms with Crippen molar-refractivity contribution in [3.8, 4) is 0 Å². The van der Waals surface area contributed by atoms with E-state index in [1.165, 1.54) is 6.92 Å². The van der Waals surface area contributed by atoms with E-state index in [-0.39, 0.29) is 13.1 Å². The van der Waals surface area contributed by atoms with Crippen LogP contribution in [0.25, 0.3) is 0 Å². The van der Waals surface area contributed by atoms with Gasteiger partial charge in [0.05, 0.1) is 45.1 Å². The van der Waals surface area contributed by atoms with Crippen molar-refractivity contribution in [2.24, 2.45) is 5.92 Å². The summed E-state index contributed by atoms with van der Waals surface area (Å²) >= 11 is 0. The Kier molecular flexibility index (Phi) is 17.1. The molecule has 13 N–H and O–H groups in total. The highest BCUT2D eigenvalue weighted by molar-refractivity contribution is 5.73. The van der Waals surface area contributed by atoms with E-state index < -0.39 is 167 Å². The highest BCUT2D eigenvalue weighted by atomic mass is 16.9. The quantitative estimate of drug-likeness (QED) is 0.0478. The minimum atomic E-state index is -2.78. The third-order valence-electron chi connectivity index (χ3n) is 10.1. The van der Waals surface area contributed by atoms with Gasteiger partial charge in [0.2, 0.25) is 5.91 Å². The van der Waals surface area contributed by atoms with Gasteiger partial charge in [0.1, 0.15) is 85.4 Å². The molecule has 24 heteroatoms. The van der Waals surface area contributed by atoms with Crippen LogP contribution < -0.4 is 5.32 Å². The topological polar surface area (TPSA) is 372 Å². The summed E-state index contributed by atoms with van der Waals surface area (Å²) in [6.45, 7) is 0.244. The maximum atomic E-state index is 12.1. The zero-order chi connectivity index (χ0) is 41.6. The van der Waals surface area contributed by atoms with Gasteiger partial charge in [-0.15, -0.1) is 0 Å². The standard InChI is InChI=1S/C32H55NO23/c1-4-48-30-23(46)22(45)26(16(8-36)51-30)53-31-24(47)28(56-32(49-10-38)5-13(40)11(2)25(55-32)19(42)14(41)6-34)27(17(9-37)52-31)54-29-18(33-12(3)39)21(44)20(43)15(7-35)50-29/h10-11,13-31,34-37,40-47H,4-9H2,1-3H3,(H,33,39)/t11?,13?,14-,15?,16?,17?,18?,19-,20?,21?,22?,23?,24?,25?,26?,27?,28?,29?,30?,31?,32?/m1/s1. The number of hydrogen-bond donors (Lipinski definition) is 13. The van der Waals surface area contributed by atoms with Crippen molar-refractivity contribution in [2.75, 3.05) is 33.0 Å². The maximum absolute atomic E-state index is 12.1. The molecule has 56 heavy (non-hydrogen) atoms. The minimum Gasteiger partial charge on any atom is -0.410 e. The van der Waals surface area contributed by atoms with E-state index in [9.17, 15) is 70.9 Å². The third-order valence-corrected chi connectivity index (χ3v) is 10.1. The second-order valence-electron chi connectivity index (χ2n) is 13.9. The Labute approximate surface area is 319 Å². The van der Waals surface area contributed by atoms with Gasteiger partial charge in [-0.05, 0) is 6.92 Å². The number of nitrogens with one attached hydrogen (secondary N) is 1. The highest BCUT2D eigenvalue weighted by Crippen LogP contribution is 2.41. The van der Waals surface area contributed by atoms with Gasteiger partial charge in [-0.25, -0.2) is 0 Å². The van der Waals surface area contributed by atoms with Crippen LogP contribution in [0.3, 0.4) is 0 Å². The first kappa shape index (κ1) is 46.8. The lowest BCUT2D eigenvalue weighted by molar-refractivity contribution is -0.454. The fraction of sp³-hybridized carbons (Fsp3) is 0.938. The van der Waals surface area contributed by atoms with E-state index in [4.69, 9.17) is 42.6 Å². The first-order valence-electron chi connectivity index (χ1n) is 18.0. The van der Waals surface area contributed by atoms with Crippen molar-refractivity contribution in [2.45, 2.75) is 150 Å². The normalized spacial score (nSPS) is 45.8. The van der Waals surface area contributed by atoms with Crippen molar-refractivity contribution in [3.05, 3.63) is 0 Å². The fourth-order valence-electron chi connectivity index (χ4n) is 7.06. The molecule has 4 aliphatic rings. The molecule has 0 aromatic rings. The molecular formula is C32H55NO23. The van der Waals surface area contributed by atoms with Crippen molar-refractivity contribution < 1.29 is 113 Å². The molecule has 0 bridgehead atoms. The monoisotopic (exact) mass is 821 g/mol. The number of rotatable bonds is 17. The van der Waals surface area contributed by atoms with Gasteiger partial charge in [-0.2, -0.15) is 0 Å². The molecule has 4 saturated heterocycles. The van der Waals surface area contributed by atoms with Crippen molar-refractivity contribution in [1.29, 1.82) is 0 Å². The van der Waals surface area contributed by atoms with E-state index in [1.807, 2.05) is 0 Å². The fourth-order valence-corrected chi connectivity index (χ4v) is 7.06. The van der Waals surface area contributed by atoms with E-state index in [2.05, 4.69) is 5.32 Å². The maximum Gasteiger partial charge on any atom is 0.332 e. The van der Waals surface area contributed by atoms with Crippen LogP contribution in [0.15, 0.2) is 0 Å². The predicted molar refractivity (Wildman–Crippen MR) is 175 cm³/mol. The van der Waals surface area contributed by atoms with Crippen molar-refractivity contribution in [3.63, 3.8) is 0 Å². The Hall–Kier alpha value is -1.86. The number of ether oxygens (including phenoxy) is 9. The molecule has 0 saturated carbocycles. The Balaban J connectivity index is 1.78. The van der Waals surface area contributed by atoms with Gasteiger partial charge >= 0.3 is 5.97 Å². The summed E-state index contributed by atoms with van der Waals surface area (Å²) in [6.07, 6.45) is -32.6. The summed E-state index contributed by atoms with van der Waals surface area (Å²) in [4.78, 5) is 24.1. The van der Waals surface area contributed by atoms with E-state index >= 15 is 0 Å². The zero-order valence-electron chi connectivity index (χ0n) is 30.7. The Bertz CT molecular complexity index is 1240. The summed E-state index contributed by atoms with van der Waals surface area (Å²) < 4.78 is 51.4.